The standard InChI is InChI=1S/C5H9NO3.C3H7NO3/c7-3-1-4(5(8)9)6-2-3;4-2(1-5)3(6)7/h3-4,6-7H,1-2H2,(H,8,9);2,5H,1,4H2,(H,6,7)/t3-,4+;2-/m10/s1. The van der Waals surface area contributed by atoms with Crippen molar-refractivity contribution in [2.45, 2.75) is 24.6 Å². The first kappa shape index (κ1) is 14.8. The molecule has 16 heavy (non-hydrogen) atoms. The summed E-state index contributed by atoms with van der Waals surface area (Å²) in [5.41, 5.74) is 4.77. The maximum absolute atomic E-state index is 10.2. The van der Waals surface area contributed by atoms with Gasteiger partial charge in [0.15, 0.2) is 0 Å². The molecule has 0 unspecified atom stereocenters. The highest BCUT2D eigenvalue weighted by Gasteiger charge is 2.27. The molecule has 1 aliphatic heterocycles. The third kappa shape index (κ3) is 5.61. The smallest absolute Gasteiger partial charge is 0.322 e. The van der Waals surface area contributed by atoms with Gasteiger partial charge in [-0.2, -0.15) is 0 Å². The lowest BCUT2D eigenvalue weighted by molar-refractivity contribution is -0.140. The summed E-state index contributed by atoms with van der Waals surface area (Å²) in [4.78, 5) is 19.8. The van der Waals surface area contributed by atoms with Crippen molar-refractivity contribution in [3.8, 4) is 0 Å². The number of carbonyl (C=O) groups is 2. The molecule has 94 valence electrons. The van der Waals surface area contributed by atoms with E-state index in [4.69, 9.17) is 26.2 Å². The largest absolute Gasteiger partial charge is 0.480 e. The quantitative estimate of drug-likeness (QED) is 0.307. The van der Waals surface area contributed by atoms with Crippen LogP contribution in [0.2, 0.25) is 0 Å². The summed E-state index contributed by atoms with van der Waals surface area (Å²) in [5, 5.41) is 35.7. The van der Waals surface area contributed by atoms with Crippen molar-refractivity contribution in [3.05, 3.63) is 0 Å². The average molecular weight is 236 g/mol. The zero-order valence-corrected chi connectivity index (χ0v) is 8.54. The number of nitrogens with one attached hydrogen (secondary N) is 1. The third-order valence-electron chi connectivity index (χ3n) is 1.92. The molecule has 0 bridgehead atoms. The summed E-state index contributed by atoms with van der Waals surface area (Å²) in [5.74, 6) is -2.06. The Balaban J connectivity index is 0.000000293. The van der Waals surface area contributed by atoms with Crippen LogP contribution in [0.4, 0.5) is 0 Å². The van der Waals surface area contributed by atoms with Crippen LogP contribution >= 0.6 is 0 Å². The van der Waals surface area contributed by atoms with E-state index in [1.807, 2.05) is 0 Å². The van der Waals surface area contributed by atoms with Gasteiger partial charge in [0.2, 0.25) is 0 Å². The van der Waals surface area contributed by atoms with Gasteiger partial charge in [-0.1, -0.05) is 0 Å². The van der Waals surface area contributed by atoms with Crippen LogP contribution in [0.5, 0.6) is 0 Å². The molecule has 8 nitrogen and oxygen atoms in total. The molecule has 3 atom stereocenters. The molecule has 0 radical (unpaired) electrons. The van der Waals surface area contributed by atoms with E-state index >= 15 is 0 Å². The van der Waals surface area contributed by atoms with Crippen LogP contribution in [-0.4, -0.2) is 63.7 Å². The molecule has 0 aromatic carbocycles. The molecule has 0 saturated carbocycles. The van der Waals surface area contributed by atoms with Gasteiger partial charge in [0.25, 0.3) is 0 Å². The second-order valence-electron chi connectivity index (χ2n) is 3.32. The van der Waals surface area contributed by atoms with Crippen molar-refractivity contribution in [2.24, 2.45) is 5.73 Å². The Morgan fingerprint density at radius 1 is 1.44 bits per heavy atom. The summed E-state index contributed by atoms with van der Waals surface area (Å²) in [6.07, 6.45) is -0.152. The second kappa shape index (κ2) is 7.12. The number of hydrogen-bond acceptors (Lipinski definition) is 6. The minimum absolute atomic E-state index is 0.329. The van der Waals surface area contributed by atoms with Crippen molar-refractivity contribution in [3.63, 3.8) is 0 Å². The maximum Gasteiger partial charge on any atom is 0.322 e. The summed E-state index contributed by atoms with van der Waals surface area (Å²) >= 11 is 0. The van der Waals surface area contributed by atoms with Gasteiger partial charge in [-0.25, -0.2) is 0 Å². The van der Waals surface area contributed by atoms with E-state index in [1.165, 1.54) is 0 Å². The molecular weight excluding hydrogens is 220 g/mol. The monoisotopic (exact) mass is 236 g/mol. The highest BCUT2D eigenvalue weighted by Crippen LogP contribution is 2.05. The van der Waals surface area contributed by atoms with Crippen molar-refractivity contribution in [1.29, 1.82) is 0 Å². The number of hydrogen-bond donors (Lipinski definition) is 6. The van der Waals surface area contributed by atoms with Gasteiger partial charge in [-0.3, -0.25) is 9.59 Å². The normalized spacial score (nSPS) is 25.4. The molecule has 0 spiro atoms. The first-order valence-corrected chi connectivity index (χ1v) is 4.62. The second-order valence-corrected chi connectivity index (χ2v) is 3.32. The van der Waals surface area contributed by atoms with Crippen molar-refractivity contribution >= 4 is 11.9 Å². The topological polar surface area (TPSA) is 153 Å². The highest BCUT2D eigenvalue weighted by molar-refractivity contribution is 5.74. The Morgan fingerprint density at radius 3 is 2.12 bits per heavy atom. The fourth-order valence-corrected chi connectivity index (χ4v) is 0.983. The fraction of sp³-hybridized carbons (Fsp3) is 0.750. The lowest BCUT2D eigenvalue weighted by Crippen LogP contribution is -2.33. The van der Waals surface area contributed by atoms with Crippen LogP contribution in [-0.2, 0) is 9.59 Å². The molecule has 0 aromatic heterocycles. The van der Waals surface area contributed by atoms with Gasteiger partial charge >= 0.3 is 11.9 Å². The van der Waals surface area contributed by atoms with Crippen LogP contribution in [0, 0.1) is 0 Å². The number of rotatable bonds is 3. The molecule has 0 amide bonds. The molecule has 1 heterocycles. The Bertz CT molecular complexity index is 247. The first-order valence-electron chi connectivity index (χ1n) is 4.62. The van der Waals surface area contributed by atoms with Crippen LogP contribution in [0.3, 0.4) is 0 Å². The Hall–Kier alpha value is -1.22. The first-order chi connectivity index (χ1) is 7.38. The molecule has 1 rings (SSSR count). The van der Waals surface area contributed by atoms with Gasteiger partial charge in [-0.15, -0.1) is 0 Å². The predicted octanol–water partition coefficient (Wildman–Crippen LogP) is -2.82. The minimum atomic E-state index is -1.18. The molecule has 8 heteroatoms. The Labute approximate surface area is 91.7 Å². The number of carboxylic acids is 2. The average Bonchev–Trinajstić information content (AvgIpc) is 2.64. The van der Waals surface area contributed by atoms with Crippen LogP contribution in [0.1, 0.15) is 6.42 Å². The number of aliphatic hydroxyl groups excluding tert-OH is 2. The summed E-state index contributed by atoms with van der Waals surface area (Å²) in [6.45, 7) is -0.105. The molecule has 1 aliphatic rings. The molecule has 1 fully saturated rings. The van der Waals surface area contributed by atoms with Gasteiger partial charge < -0.3 is 31.5 Å². The van der Waals surface area contributed by atoms with Crippen LogP contribution < -0.4 is 11.1 Å². The lowest BCUT2D eigenvalue weighted by Gasteiger charge is -1.99. The summed E-state index contributed by atoms with van der Waals surface area (Å²) in [7, 11) is 0. The number of aliphatic carboxylic acids is 2. The van der Waals surface area contributed by atoms with E-state index in [1.54, 1.807) is 0 Å². The predicted molar refractivity (Wildman–Crippen MR) is 52.7 cm³/mol. The van der Waals surface area contributed by atoms with Gasteiger partial charge in [-0.05, 0) is 0 Å². The van der Waals surface area contributed by atoms with E-state index in [-0.39, 0.29) is 0 Å². The van der Waals surface area contributed by atoms with Gasteiger partial charge in [0, 0.05) is 13.0 Å². The number of carboxylic acid groups (broad SMARTS) is 2. The zero-order chi connectivity index (χ0) is 12.7. The lowest BCUT2D eigenvalue weighted by atomic mass is 10.2. The SMILES string of the molecule is N[C@@H](CO)C(=O)O.O=C(O)[C@@H]1C[C@@H](O)CN1. The number of β-amino-alcohol motifs (C(OH)–C–C–N with tert-alkyl or cyclic N) is 1. The zero-order valence-electron chi connectivity index (χ0n) is 8.54. The molecule has 7 N–H and O–H groups in total. The Kier molecular flexibility index (Phi) is 6.58. The maximum atomic E-state index is 10.2. The number of aliphatic hydroxyl groups is 2. The van der Waals surface area contributed by atoms with E-state index in [9.17, 15) is 9.59 Å². The molecule has 1 saturated heterocycles. The summed E-state index contributed by atoms with van der Waals surface area (Å²) in [6, 6.07) is -1.67. The molecule has 0 aromatic rings. The number of nitrogens with two attached hydrogens (primary N) is 1. The van der Waals surface area contributed by atoms with Gasteiger partial charge in [0.1, 0.15) is 12.1 Å². The van der Waals surface area contributed by atoms with Crippen LogP contribution in [0.15, 0.2) is 0 Å². The van der Waals surface area contributed by atoms with Crippen molar-refractivity contribution in [2.75, 3.05) is 13.2 Å². The van der Waals surface area contributed by atoms with E-state index in [0.717, 1.165) is 0 Å². The fourth-order valence-electron chi connectivity index (χ4n) is 0.983. The van der Waals surface area contributed by atoms with Crippen molar-refractivity contribution < 1.29 is 30.0 Å². The molecule has 0 aliphatic carbocycles. The minimum Gasteiger partial charge on any atom is -0.480 e. The Morgan fingerprint density at radius 2 is 2.00 bits per heavy atom. The van der Waals surface area contributed by atoms with Crippen molar-refractivity contribution in [1.82, 2.24) is 5.32 Å². The van der Waals surface area contributed by atoms with Crippen LogP contribution in [0.25, 0.3) is 0 Å². The molecular formula is C8H16N2O6. The van der Waals surface area contributed by atoms with E-state index in [0.29, 0.717) is 13.0 Å². The van der Waals surface area contributed by atoms with E-state index in [2.05, 4.69) is 5.32 Å². The third-order valence-corrected chi connectivity index (χ3v) is 1.92. The highest BCUT2D eigenvalue weighted by atomic mass is 16.4. The van der Waals surface area contributed by atoms with Gasteiger partial charge in [0.05, 0.1) is 12.7 Å². The summed E-state index contributed by atoms with van der Waals surface area (Å²) < 4.78 is 0. The van der Waals surface area contributed by atoms with E-state index < -0.39 is 36.7 Å².